The van der Waals surface area contributed by atoms with Gasteiger partial charge in [0.05, 0.1) is 12.7 Å². The van der Waals surface area contributed by atoms with Crippen LogP contribution in [-0.2, 0) is 9.47 Å². The summed E-state index contributed by atoms with van der Waals surface area (Å²) in [4.78, 5) is 0. The molecule has 0 amide bonds. The van der Waals surface area contributed by atoms with Crippen LogP contribution >= 0.6 is 0 Å². The van der Waals surface area contributed by atoms with Gasteiger partial charge in [0.2, 0.25) is 0 Å². The van der Waals surface area contributed by atoms with Gasteiger partial charge in [0, 0.05) is 0 Å². The van der Waals surface area contributed by atoms with Crippen LogP contribution in [0.5, 0.6) is 0 Å². The quantitative estimate of drug-likeness (QED) is 0.528. The Bertz CT molecular complexity index is 253. The van der Waals surface area contributed by atoms with E-state index in [0.717, 1.165) is 25.7 Å². The Morgan fingerprint density at radius 3 is 2.22 bits per heavy atom. The van der Waals surface area contributed by atoms with Gasteiger partial charge in [-0.1, -0.05) is 19.3 Å². The van der Waals surface area contributed by atoms with Gasteiger partial charge in [-0.25, -0.2) is 0 Å². The molecule has 2 aliphatic rings. The highest BCUT2D eigenvalue weighted by Crippen LogP contribution is 2.27. The molecule has 4 N–H and O–H groups in total. The lowest BCUT2D eigenvalue weighted by Gasteiger charge is -2.41. The van der Waals surface area contributed by atoms with Crippen LogP contribution in [-0.4, -0.2) is 63.8 Å². The number of aliphatic hydroxyl groups excluding tert-OH is 4. The molecule has 5 atom stereocenters. The summed E-state index contributed by atoms with van der Waals surface area (Å²) in [6.07, 6.45) is -0.644. The molecule has 0 spiro atoms. The molecule has 1 saturated carbocycles. The molecule has 106 valence electrons. The topological polar surface area (TPSA) is 99.4 Å². The van der Waals surface area contributed by atoms with Gasteiger partial charge in [0.15, 0.2) is 6.29 Å². The van der Waals surface area contributed by atoms with Crippen molar-refractivity contribution in [2.24, 2.45) is 0 Å². The van der Waals surface area contributed by atoms with E-state index in [0.29, 0.717) is 0 Å². The molecule has 1 saturated heterocycles. The minimum atomic E-state index is -1.36. The Kier molecular flexibility index (Phi) is 4.94. The van der Waals surface area contributed by atoms with E-state index in [1.165, 1.54) is 6.42 Å². The summed E-state index contributed by atoms with van der Waals surface area (Å²) in [5.41, 5.74) is 0. The molecular weight excluding hydrogens is 240 g/mol. The lowest BCUT2D eigenvalue weighted by molar-refractivity contribution is -0.312. The number of hydrogen-bond acceptors (Lipinski definition) is 6. The summed E-state index contributed by atoms with van der Waals surface area (Å²) in [5.74, 6) is 0. The van der Waals surface area contributed by atoms with Crippen LogP contribution in [0, 0.1) is 0 Å². The third kappa shape index (κ3) is 3.01. The fourth-order valence-corrected chi connectivity index (χ4v) is 2.57. The Labute approximate surface area is 106 Å². The van der Waals surface area contributed by atoms with Crippen LogP contribution in [0.1, 0.15) is 32.1 Å². The van der Waals surface area contributed by atoms with E-state index in [9.17, 15) is 15.3 Å². The van der Waals surface area contributed by atoms with Crippen molar-refractivity contribution in [3.05, 3.63) is 0 Å². The molecule has 6 heteroatoms. The minimum Gasteiger partial charge on any atom is -0.394 e. The van der Waals surface area contributed by atoms with E-state index in [2.05, 4.69) is 0 Å². The van der Waals surface area contributed by atoms with Crippen molar-refractivity contribution >= 4 is 0 Å². The number of ether oxygens (including phenoxy) is 2. The lowest BCUT2D eigenvalue weighted by Crippen LogP contribution is -2.59. The predicted molar refractivity (Wildman–Crippen MR) is 61.7 cm³/mol. The van der Waals surface area contributed by atoms with E-state index in [1.807, 2.05) is 0 Å². The highest BCUT2D eigenvalue weighted by molar-refractivity contribution is 4.89. The average molecular weight is 262 g/mol. The highest BCUT2D eigenvalue weighted by atomic mass is 16.7. The van der Waals surface area contributed by atoms with Gasteiger partial charge in [0.1, 0.15) is 24.4 Å². The molecule has 2 unspecified atom stereocenters. The summed E-state index contributed by atoms with van der Waals surface area (Å²) < 4.78 is 10.9. The fourth-order valence-electron chi connectivity index (χ4n) is 2.57. The molecule has 0 radical (unpaired) electrons. The second-order valence-corrected chi connectivity index (χ2v) is 5.09. The molecule has 0 aromatic carbocycles. The first kappa shape index (κ1) is 14.2. The Hall–Kier alpha value is -0.240. The summed E-state index contributed by atoms with van der Waals surface area (Å²) in [5, 5.41) is 38.1. The summed E-state index contributed by atoms with van der Waals surface area (Å²) in [6.45, 7) is -0.421. The van der Waals surface area contributed by atoms with Crippen molar-refractivity contribution in [3.63, 3.8) is 0 Å². The largest absolute Gasteiger partial charge is 0.394 e. The highest BCUT2D eigenvalue weighted by Gasteiger charge is 2.44. The lowest BCUT2D eigenvalue weighted by atomic mass is 9.96. The molecule has 0 bridgehead atoms. The first-order valence-electron chi connectivity index (χ1n) is 6.59. The minimum absolute atomic E-state index is 0.0141. The standard InChI is InChI=1S/C12H22O6/c13-6-8-9(14)10(15)11(16)12(18-8)17-7-4-2-1-3-5-7/h7-16H,1-6H2/t8?,9-,10?,11+,12-/m1/s1. The first-order valence-corrected chi connectivity index (χ1v) is 6.59. The zero-order valence-corrected chi connectivity index (χ0v) is 10.3. The van der Waals surface area contributed by atoms with Gasteiger partial charge >= 0.3 is 0 Å². The molecule has 2 fully saturated rings. The maximum Gasteiger partial charge on any atom is 0.186 e. The summed E-state index contributed by atoms with van der Waals surface area (Å²) >= 11 is 0. The molecule has 6 nitrogen and oxygen atoms in total. The zero-order chi connectivity index (χ0) is 13.1. The molecule has 0 aromatic rings. The van der Waals surface area contributed by atoms with Gasteiger partial charge in [-0.15, -0.1) is 0 Å². The van der Waals surface area contributed by atoms with Crippen LogP contribution in [0.4, 0.5) is 0 Å². The van der Waals surface area contributed by atoms with E-state index in [-0.39, 0.29) is 6.10 Å². The van der Waals surface area contributed by atoms with Gasteiger partial charge in [-0.05, 0) is 12.8 Å². The molecular formula is C12H22O6. The van der Waals surface area contributed by atoms with Crippen LogP contribution in [0.2, 0.25) is 0 Å². The van der Waals surface area contributed by atoms with Crippen molar-refractivity contribution < 1.29 is 29.9 Å². The summed E-state index contributed by atoms with van der Waals surface area (Å²) in [6, 6.07) is 0. The Morgan fingerprint density at radius 2 is 1.61 bits per heavy atom. The first-order chi connectivity index (χ1) is 8.63. The molecule has 1 aliphatic heterocycles. The van der Waals surface area contributed by atoms with Crippen molar-refractivity contribution in [2.75, 3.05) is 6.61 Å². The number of aliphatic hydroxyl groups is 4. The zero-order valence-electron chi connectivity index (χ0n) is 10.3. The summed E-state index contributed by atoms with van der Waals surface area (Å²) in [7, 11) is 0. The van der Waals surface area contributed by atoms with Gasteiger partial charge in [-0.2, -0.15) is 0 Å². The van der Waals surface area contributed by atoms with Crippen LogP contribution in [0.15, 0.2) is 0 Å². The third-order valence-electron chi connectivity index (χ3n) is 3.73. The third-order valence-corrected chi connectivity index (χ3v) is 3.73. The van der Waals surface area contributed by atoms with Crippen molar-refractivity contribution in [1.82, 2.24) is 0 Å². The van der Waals surface area contributed by atoms with E-state index < -0.39 is 37.3 Å². The van der Waals surface area contributed by atoms with Crippen LogP contribution in [0.3, 0.4) is 0 Å². The monoisotopic (exact) mass is 262 g/mol. The number of rotatable bonds is 3. The molecule has 1 aliphatic carbocycles. The average Bonchev–Trinajstić information content (AvgIpc) is 2.40. The van der Waals surface area contributed by atoms with Crippen molar-refractivity contribution in [1.29, 1.82) is 0 Å². The predicted octanol–water partition coefficient (Wildman–Crippen LogP) is -0.864. The van der Waals surface area contributed by atoms with E-state index in [1.54, 1.807) is 0 Å². The van der Waals surface area contributed by atoms with E-state index in [4.69, 9.17) is 14.6 Å². The van der Waals surface area contributed by atoms with Crippen molar-refractivity contribution in [3.8, 4) is 0 Å². The number of hydrogen-bond donors (Lipinski definition) is 4. The maximum atomic E-state index is 9.81. The molecule has 0 aromatic heterocycles. The SMILES string of the molecule is OCC1O[C@@H](OC2CCCCC2)[C@@H](O)C(O)[C@@H]1O. The molecule has 1 heterocycles. The second-order valence-electron chi connectivity index (χ2n) is 5.09. The van der Waals surface area contributed by atoms with Gasteiger partial charge < -0.3 is 29.9 Å². The van der Waals surface area contributed by atoms with Gasteiger partial charge in [-0.3, -0.25) is 0 Å². The molecule has 18 heavy (non-hydrogen) atoms. The smallest absolute Gasteiger partial charge is 0.186 e. The van der Waals surface area contributed by atoms with Crippen molar-refractivity contribution in [2.45, 2.75) is 68.9 Å². The maximum absolute atomic E-state index is 9.81. The van der Waals surface area contributed by atoms with Crippen LogP contribution < -0.4 is 0 Å². The van der Waals surface area contributed by atoms with Crippen LogP contribution in [0.25, 0.3) is 0 Å². The Morgan fingerprint density at radius 1 is 0.944 bits per heavy atom. The fraction of sp³-hybridized carbons (Fsp3) is 1.00. The van der Waals surface area contributed by atoms with Gasteiger partial charge in [0.25, 0.3) is 0 Å². The normalized spacial score (nSPS) is 43.0. The molecule has 2 rings (SSSR count). The van der Waals surface area contributed by atoms with E-state index >= 15 is 0 Å². The second kappa shape index (κ2) is 6.27. The Balaban J connectivity index is 1.93.